The summed E-state index contributed by atoms with van der Waals surface area (Å²) in [6.07, 6.45) is -4.53. The third-order valence-corrected chi connectivity index (χ3v) is 3.87. The Morgan fingerprint density at radius 2 is 1.83 bits per heavy atom. The Labute approximate surface area is 165 Å². The summed E-state index contributed by atoms with van der Waals surface area (Å²) in [6, 6.07) is 10.7. The van der Waals surface area contributed by atoms with Crippen molar-refractivity contribution in [1.82, 2.24) is 9.97 Å². The van der Waals surface area contributed by atoms with Crippen LogP contribution in [0.2, 0.25) is 0 Å². The van der Waals surface area contributed by atoms with Gasteiger partial charge in [-0.2, -0.15) is 23.5 Å². The molecular formula is C19H10F5N5O. The molecule has 0 amide bonds. The van der Waals surface area contributed by atoms with Gasteiger partial charge < -0.3 is 0 Å². The Hall–Kier alpha value is -4.07. The van der Waals surface area contributed by atoms with Crippen molar-refractivity contribution in [3.63, 3.8) is 0 Å². The molecule has 0 aliphatic rings. The lowest BCUT2D eigenvalue weighted by Crippen LogP contribution is -2.16. The lowest BCUT2D eigenvalue weighted by Gasteiger charge is -2.10. The number of nitrogens with zero attached hydrogens (tertiary/aromatic N) is 3. The molecule has 0 radical (unpaired) electrons. The highest BCUT2D eigenvalue weighted by Gasteiger charge is 2.35. The monoisotopic (exact) mass is 419 g/mol. The number of aromatic amines is 1. The van der Waals surface area contributed by atoms with Gasteiger partial charge in [0.05, 0.1) is 23.0 Å². The van der Waals surface area contributed by atoms with E-state index in [-0.39, 0.29) is 23.3 Å². The van der Waals surface area contributed by atoms with Crippen LogP contribution in [0.25, 0.3) is 11.3 Å². The minimum Gasteiger partial charge on any atom is -0.290 e. The zero-order valence-corrected chi connectivity index (χ0v) is 14.8. The van der Waals surface area contributed by atoms with Crippen LogP contribution in [0, 0.1) is 23.0 Å². The fourth-order valence-corrected chi connectivity index (χ4v) is 2.50. The van der Waals surface area contributed by atoms with E-state index in [9.17, 15) is 32.0 Å². The Morgan fingerprint density at radius 1 is 1.13 bits per heavy atom. The maximum atomic E-state index is 14.0. The molecule has 2 aromatic carbocycles. The minimum atomic E-state index is -5.02. The molecule has 0 aliphatic carbocycles. The Bertz CT molecular complexity index is 1210. The highest BCUT2D eigenvalue weighted by Crippen LogP contribution is 2.32. The summed E-state index contributed by atoms with van der Waals surface area (Å²) in [5.74, 6) is -3.39. The van der Waals surface area contributed by atoms with Crippen LogP contribution in [-0.4, -0.2) is 16.2 Å². The van der Waals surface area contributed by atoms with Gasteiger partial charge in [-0.05, 0) is 12.1 Å². The molecule has 0 bridgehead atoms. The van der Waals surface area contributed by atoms with Crippen molar-refractivity contribution in [2.24, 2.45) is 5.10 Å². The maximum absolute atomic E-state index is 14.0. The SMILES string of the molecule is N#Cc1c(-c2ccccc2)nc(NN=Cc2c(F)ccc(C(F)(F)F)c2F)[nH]c1=O. The van der Waals surface area contributed by atoms with Crippen molar-refractivity contribution < 1.29 is 22.0 Å². The molecule has 152 valence electrons. The van der Waals surface area contributed by atoms with Gasteiger partial charge in [-0.15, -0.1) is 0 Å². The molecule has 11 heteroatoms. The molecule has 0 unspecified atom stereocenters. The lowest BCUT2D eigenvalue weighted by molar-refractivity contribution is -0.140. The van der Waals surface area contributed by atoms with Gasteiger partial charge in [-0.3, -0.25) is 9.78 Å². The van der Waals surface area contributed by atoms with Crippen molar-refractivity contribution in [2.45, 2.75) is 6.18 Å². The minimum absolute atomic E-state index is 0.0241. The van der Waals surface area contributed by atoms with E-state index in [1.807, 2.05) is 0 Å². The number of nitrogens with one attached hydrogen (secondary N) is 2. The number of hydrogen-bond donors (Lipinski definition) is 2. The van der Waals surface area contributed by atoms with Crippen LogP contribution in [0.3, 0.4) is 0 Å². The number of alkyl halides is 3. The Morgan fingerprint density at radius 3 is 2.47 bits per heavy atom. The normalized spacial score (nSPS) is 11.5. The van der Waals surface area contributed by atoms with Crippen LogP contribution >= 0.6 is 0 Å². The van der Waals surface area contributed by atoms with Crippen LogP contribution in [0.1, 0.15) is 16.7 Å². The third kappa shape index (κ3) is 4.17. The van der Waals surface area contributed by atoms with E-state index in [4.69, 9.17) is 0 Å². The topological polar surface area (TPSA) is 93.9 Å². The van der Waals surface area contributed by atoms with E-state index < -0.39 is 34.5 Å². The molecule has 0 atom stereocenters. The Kier molecular flexibility index (Phi) is 5.59. The molecule has 1 aromatic heterocycles. The molecule has 0 aliphatic heterocycles. The second kappa shape index (κ2) is 8.12. The molecule has 0 saturated heterocycles. The molecule has 6 nitrogen and oxygen atoms in total. The first-order valence-corrected chi connectivity index (χ1v) is 8.16. The smallest absolute Gasteiger partial charge is 0.290 e. The van der Waals surface area contributed by atoms with Gasteiger partial charge in [0.15, 0.2) is 0 Å². The number of halogens is 5. The standard InChI is InChI=1S/C19H10F5N5O/c20-14-7-6-13(19(22,23)24)15(21)12(14)9-26-29-18-27-16(10-4-2-1-3-5-10)11(8-25)17(30)28-18/h1-7,9H,(H2,27,28,29,30). The highest BCUT2D eigenvalue weighted by atomic mass is 19.4. The van der Waals surface area contributed by atoms with Gasteiger partial charge in [0.25, 0.3) is 5.56 Å². The molecule has 3 rings (SSSR count). The maximum Gasteiger partial charge on any atom is 0.419 e. The molecule has 0 fully saturated rings. The molecule has 0 saturated carbocycles. The summed E-state index contributed by atoms with van der Waals surface area (Å²) in [6.45, 7) is 0. The predicted octanol–water partition coefficient (Wildman–Crippen LogP) is 4.05. The van der Waals surface area contributed by atoms with E-state index in [0.717, 1.165) is 0 Å². The first-order valence-electron chi connectivity index (χ1n) is 8.16. The van der Waals surface area contributed by atoms with Crippen molar-refractivity contribution in [3.05, 3.63) is 81.1 Å². The first kappa shape index (κ1) is 20.7. The number of H-pyrrole nitrogens is 1. The van der Waals surface area contributed by atoms with Crippen LogP contribution in [0.5, 0.6) is 0 Å². The fourth-order valence-electron chi connectivity index (χ4n) is 2.50. The van der Waals surface area contributed by atoms with E-state index in [0.29, 0.717) is 17.8 Å². The molecule has 1 heterocycles. The average Bonchev–Trinajstić information content (AvgIpc) is 2.69. The van der Waals surface area contributed by atoms with Gasteiger partial charge in [0.2, 0.25) is 5.95 Å². The molecule has 2 N–H and O–H groups in total. The molecular weight excluding hydrogens is 409 g/mol. The van der Waals surface area contributed by atoms with Gasteiger partial charge in [-0.1, -0.05) is 30.3 Å². The highest BCUT2D eigenvalue weighted by molar-refractivity contribution is 5.81. The van der Waals surface area contributed by atoms with Gasteiger partial charge in [0.1, 0.15) is 23.3 Å². The van der Waals surface area contributed by atoms with Gasteiger partial charge in [-0.25, -0.2) is 19.2 Å². The van der Waals surface area contributed by atoms with Crippen LogP contribution in [-0.2, 0) is 6.18 Å². The van der Waals surface area contributed by atoms with E-state index in [2.05, 4.69) is 20.5 Å². The quantitative estimate of drug-likeness (QED) is 0.379. The fraction of sp³-hybridized carbons (Fsp3) is 0.0526. The molecule has 30 heavy (non-hydrogen) atoms. The zero-order valence-electron chi connectivity index (χ0n) is 14.8. The summed E-state index contributed by atoms with van der Waals surface area (Å²) >= 11 is 0. The average molecular weight is 419 g/mol. The number of hydrazone groups is 1. The van der Waals surface area contributed by atoms with Crippen molar-refractivity contribution in [2.75, 3.05) is 5.43 Å². The van der Waals surface area contributed by atoms with E-state index in [1.54, 1.807) is 36.4 Å². The van der Waals surface area contributed by atoms with Crippen molar-refractivity contribution in [3.8, 4) is 17.3 Å². The van der Waals surface area contributed by atoms with Gasteiger partial charge >= 0.3 is 6.18 Å². The second-order valence-electron chi connectivity index (χ2n) is 5.81. The van der Waals surface area contributed by atoms with Gasteiger partial charge in [0, 0.05) is 5.56 Å². The number of rotatable bonds is 4. The second-order valence-corrected chi connectivity index (χ2v) is 5.81. The summed E-state index contributed by atoms with van der Waals surface area (Å²) in [5, 5.41) is 12.6. The summed E-state index contributed by atoms with van der Waals surface area (Å²) in [5.41, 5.74) is -1.10. The largest absolute Gasteiger partial charge is 0.419 e. The van der Waals surface area contributed by atoms with Crippen LogP contribution in [0.15, 0.2) is 52.4 Å². The number of aromatic nitrogens is 2. The lowest BCUT2D eigenvalue weighted by atomic mass is 10.1. The number of benzene rings is 2. The zero-order chi connectivity index (χ0) is 21.9. The summed E-state index contributed by atoms with van der Waals surface area (Å²) in [4.78, 5) is 18.4. The van der Waals surface area contributed by atoms with E-state index in [1.165, 1.54) is 0 Å². The number of nitriles is 1. The molecule has 3 aromatic rings. The predicted molar refractivity (Wildman–Crippen MR) is 97.6 cm³/mol. The van der Waals surface area contributed by atoms with Crippen LogP contribution in [0.4, 0.5) is 27.9 Å². The Balaban J connectivity index is 1.96. The number of anilines is 1. The summed E-state index contributed by atoms with van der Waals surface area (Å²) < 4.78 is 66.1. The van der Waals surface area contributed by atoms with E-state index >= 15 is 0 Å². The molecule has 0 spiro atoms. The van der Waals surface area contributed by atoms with Crippen molar-refractivity contribution in [1.29, 1.82) is 5.26 Å². The third-order valence-electron chi connectivity index (χ3n) is 3.87. The first-order chi connectivity index (χ1) is 14.2. The van der Waals surface area contributed by atoms with Crippen LogP contribution < -0.4 is 11.0 Å². The number of hydrogen-bond acceptors (Lipinski definition) is 5. The summed E-state index contributed by atoms with van der Waals surface area (Å²) in [7, 11) is 0. The van der Waals surface area contributed by atoms with Crippen molar-refractivity contribution >= 4 is 12.2 Å².